The normalized spacial score (nSPS) is 15.9. The number of amides is 1. The van der Waals surface area contributed by atoms with Gasteiger partial charge in [0.1, 0.15) is 15.8 Å². The number of carbonyl (C=O) groups is 1. The zero-order chi connectivity index (χ0) is 18.8. The number of thiocarbonyl (C=S) groups is 1. The summed E-state index contributed by atoms with van der Waals surface area (Å²) in [5.41, 5.74) is 0. The van der Waals surface area contributed by atoms with Gasteiger partial charge in [-0.05, 0) is 48.5 Å². The number of benzene rings is 1. The first-order valence-corrected chi connectivity index (χ1v) is 10.3. The van der Waals surface area contributed by atoms with E-state index in [9.17, 15) is 4.79 Å². The van der Waals surface area contributed by atoms with Crippen LogP contribution in [0.1, 0.15) is 11.5 Å². The molecular formula is C19H12ClNO3S3. The fourth-order valence-electron chi connectivity index (χ4n) is 2.41. The van der Waals surface area contributed by atoms with Crippen molar-refractivity contribution in [2.75, 3.05) is 0 Å². The Morgan fingerprint density at radius 2 is 2.00 bits per heavy atom. The predicted molar refractivity (Wildman–Crippen MR) is 112 cm³/mol. The van der Waals surface area contributed by atoms with E-state index >= 15 is 0 Å². The second-order valence-corrected chi connectivity index (χ2v) is 8.75. The van der Waals surface area contributed by atoms with Crippen molar-refractivity contribution in [1.29, 1.82) is 0 Å². The molecule has 27 heavy (non-hydrogen) atoms. The highest BCUT2D eigenvalue weighted by Gasteiger charge is 2.32. The molecule has 1 amide bonds. The molecule has 3 aromatic rings. The second kappa shape index (κ2) is 7.98. The Kier molecular flexibility index (Phi) is 5.45. The molecule has 0 unspecified atom stereocenters. The summed E-state index contributed by atoms with van der Waals surface area (Å²) < 4.78 is 11.6. The van der Waals surface area contributed by atoms with Gasteiger partial charge in [-0.1, -0.05) is 47.3 Å². The molecule has 0 saturated carbocycles. The molecule has 4 nitrogen and oxygen atoms in total. The summed E-state index contributed by atoms with van der Waals surface area (Å²) in [5.74, 6) is 1.14. The van der Waals surface area contributed by atoms with Crippen LogP contribution < -0.4 is 0 Å². The van der Waals surface area contributed by atoms with Crippen LogP contribution in [0.25, 0.3) is 6.08 Å². The van der Waals surface area contributed by atoms with E-state index in [4.69, 9.17) is 32.7 Å². The number of thioether (sulfide) groups is 1. The van der Waals surface area contributed by atoms with Crippen molar-refractivity contribution in [2.24, 2.45) is 0 Å². The van der Waals surface area contributed by atoms with E-state index in [2.05, 4.69) is 0 Å². The zero-order valence-corrected chi connectivity index (χ0v) is 17.0. The lowest BCUT2D eigenvalue weighted by Gasteiger charge is -2.11. The summed E-state index contributed by atoms with van der Waals surface area (Å²) >= 11 is 14.0. The van der Waals surface area contributed by atoms with Crippen LogP contribution >= 0.6 is 47.3 Å². The number of furan rings is 2. The smallest absolute Gasteiger partial charge is 0.266 e. The van der Waals surface area contributed by atoms with Crippen LogP contribution in [-0.2, 0) is 11.3 Å². The highest BCUT2D eigenvalue weighted by atomic mass is 35.5. The number of carbonyl (C=O) groups excluding carboxylic acids is 1. The van der Waals surface area contributed by atoms with Gasteiger partial charge in [-0.25, -0.2) is 0 Å². The number of hydrogen-bond donors (Lipinski definition) is 0. The molecule has 0 N–H and O–H groups in total. The Morgan fingerprint density at radius 3 is 2.74 bits per heavy atom. The number of halogens is 1. The molecule has 1 aliphatic rings. The summed E-state index contributed by atoms with van der Waals surface area (Å²) in [5, 5.41) is 1.42. The van der Waals surface area contributed by atoms with Gasteiger partial charge in [-0.15, -0.1) is 0 Å². The molecule has 0 bridgehead atoms. The second-order valence-electron chi connectivity index (χ2n) is 5.56. The molecule has 136 valence electrons. The van der Waals surface area contributed by atoms with Gasteiger partial charge in [0.25, 0.3) is 5.91 Å². The van der Waals surface area contributed by atoms with Crippen LogP contribution in [0, 0.1) is 0 Å². The van der Waals surface area contributed by atoms with Gasteiger partial charge in [-0.2, -0.15) is 0 Å². The standard InChI is InChI=1S/C19H12ClNO3S3/c20-12-3-6-15(7-4-12)26-17-8-5-13(24-17)10-16-18(22)21(19(25)27-16)11-14-2-1-9-23-14/h1-10H,11H2. The van der Waals surface area contributed by atoms with E-state index in [0.29, 0.717) is 32.3 Å². The molecule has 1 fully saturated rings. The third-order valence-corrected chi connectivity index (χ3v) is 6.23. The fourth-order valence-corrected chi connectivity index (χ4v) is 4.55. The van der Waals surface area contributed by atoms with E-state index in [0.717, 1.165) is 9.99 Å². The van der Waals surface area contributed by atoms with Crippen molar-refractivity contribution in [3.63, 3.8) is 0 Å². The molecule has 0 radical (unpaired) electrons. The summed E-state index contributed by atoms with van der Waals surface area (Å²) in [7, 11) is 0. The molecule has 0 atom stereocenters. The lowest BCUT2D eigenvalue weighted by Crippen LogP contribution is -2.27. The minimum atomic E-state index is -0.148. The maximum atomic E-state index is 12.6. The SMILES string of the molecule is O=C1C(=Cc2ccc(Sc3ccc(Cl)cc3)o2)SC(=S)N1Cc1ccco1. The van der Waals surface area contributed by atoms with E-state index in [1.54, 1.807) is 18.4 Å². The van der Waals surface area contributed by atoms with Crippen LogP contribution in [0.5, 0.6) is 0 Å². The molecule has 1 aromatic carbocycles. The first-order valence-electron chi connectivity index (χ1n) is 7.89. The lowest BCUT2D eigenvalue weighted by molar-refractivity contribution is -0.122. The first-order chi connectivity index (χ1) is 13.1. The first kappa shape index (κ1) is 18.4. The average Bonchev–Trinajstić information content (AvgIpc) is 3.37. The maximum absolute atomic E-state index is 12.6. The van der Waals surface area contributed by atoms with E-state index in [-0.39, 0.29) is 5.91 Å². The number of rotatable bonds is 5. The summed E-state index contributed by atoms with van der Waals surface area (Å²) in [6.45, 7) is 0.324. The van der Waals surface area contributed by atoms with E-state index < -0.39 is 0 Å². The van der Waals surface area contributed by atoms with E-state index in [1.165, 1.54) is 28.4 Å². The van der Waals surface area contributed by atoms with Crippen LogP contribution in [0.4, 0.5) is 0 Å². The van der Waals surface area contributed by atoms with Gasteiger partial charge in [0, 0.05) is 16.0 Å². The molecular weight excluding hydrogens is 422 g/mol. The van der Waals surface area contributed by atoms with Crippen molar-refractivity contribution in [1.82, 2.24) is 4.90 Å². The zero-order valence-electron chi connectivity index (χ0n) is 13.8. The largest absolute Gasteiger partial charge is 0.467 e. The molecule has 3 heterocycles. The maximum Gasteiger partial charge on any atom is 0.266 e. The minimum absolute atomic E-state index is 0.148. The molecule has 0 spiro atoms. The molecule has 2 aromatic heterocycles. The molecule has 1 aliphatic heterocycles. The van der Waals surface area contributed by atoms with Gasteiger partial charge >= 0.3 is 0 Å². The van der Waals surface area contributed by atoms with Crippen molar-refractivity contribution in [2.45, 2.75) is 16.5 Å². The van der Waals surface area contributed by atoms with Gasteiger partial charge in [0.05, 0.1) is 17.7 Å². The minimum Gasteiger partial charge on any atom is -0.467 e. The van der Waals surface area contributed by atoms with Crippen LogP contribution in [0.3, 0.4) is 0 Å². The van der Waals surface area contributed by atoms with Crippen LogP contribution in [0.2, 0.25) is 5.02 Å². The Morgan fingerprint density at radius 1 is 1.19 bits per heavy atom. The van der Waals surface area contributed by atoms with Crippen molar-refractivity contribution < 1.29 is 13.6 Å². The number of nitrogens with zero attached hydrogens (tertiary/aromatic N) is 1. The van der Waals surface area contributed by atoms with Crippen molar-refractivity contribution in [3.05, 3.63) is 76.2 Å². The number of hydrogen-bond acceptors (Lipinski definition) is 6. The Bertz CT molecular complexity index is 1010. The topological polar surface area (TPSA) is 46.6 Å². The highest BCUT2D eigenvalue weighted by molar-refractivity contribution is 8.26. The summed E-state index contributed by atoms with van der Waals surface area (Å²) in [4.78, 5) is 15.7. The van der Waals surface area contributed by atoms with Crippen LogP contribution in [0.15, 0.2) is 78.5 Å². The van der Waals surface area contributed by atoms with Crippen molar-refractivity contribution >= 4 is 63.6 Å². The Balaban J connectivity index is 1.47. The Labute approximate surface area is 174 Å². The molecule has 0 aliphatic carbocycles. The quantitative estimate of drug-likeness (QED) is 0.359. The third-order valence-electron chi connectivity index (χ3n) is 3.68. The Hall–Kier alpha value is -1.93. The van der Waals surface area contributed by atoms with Gasteiger partial charge < -0.3 is 8.83 Å². The lowest BCUT2D eigenvalue weighted by atomic mass is 10.3. The van der Waals surface area contributed by atoms with Gasteiger partial charge in [-0.3, -0.25) is 9.69 Å². The highest BCUT2D eigenvalue weighted by Crippen LogP contribution is 2.35. The monoisotopic (exact) mass is 433 g/mol. The summed E-state index contributed by atoms with van der Waals surface area (Å²) in [6, 6.07) is 14.8. The predicted octanol–water partition coefficient (Wildman–Crippen LogP) is 6.08. The van der Waals surface area contributed by atoms with E-state index in [1.807, 2.05) is 42.5 Å². The molecule has 1 saturated heterocycles. The van der Waals surface area contributed by atoms with Crippen LogP contribution in [-0.4, -0.2) is 15.1 Å². The molecule has 8 heteroatoms. The van der Waals surface area contributed by atoms with Crippen molar-refractivity contribution in [3.8, 4) is 0 Å². The summed E-state index contributed by atoms with van der Waals surface area (Å²) in [6.07, 6.45) is 3.29. The van der Waals surface area contributed by atoms with Gasteiger partial charge in [0.15, 0.2) is 5.09 Å². The van der Waals surface area contributed by atoms with Gasteiger partial charge in [0.2, 0.25) is 0 Å². The molecule has 4 rings (SSSR count). The fraction of sp³-hybridized carbons (Fsp3) is 0.0526. The third kappa shape index (κ3) is 4.32. The average molecular weight is 434 g/mol.